The van der Waals surface area contributed by atoms with Gasteiger partial charge in [-0.1, -0.05) is 24.6 Å². The molecule has 0 bridgehead atoms. The molecule has 1 saturated heterocycles. The third kappa shape index (κ3) is 6.06. The van der Waals surface area contributed by atoms with Gasteiger partial charge in [0.2, 0.25) is 5.91 Å². The Morgan fingerprint density at radius 1 is 1.00 bits per heavy atom. The van der Waals surface area contributed by atoms with Gasteiger partial charge in [0, 0.05) is 56.1 Å². The fourth-order valence-electron chi connectivity index (χ4n) is 3.48. The predicted molar refractivity (Wildman–Crippen MR) is 118 cm³/mol. The van der Waals surface area contributed by atoms with Crippen LogP contribution in [0.5, 0.6) is 0 Å². The maximum atomic E-state index is 12.2. The predicted octanol–water partition coefficient (Wildman–Crippen LogP) is 2.90. The summed E-state index contributed by atoms with van der Waals surface area (Å²) in [7, 11) is 0. The van der Waals surface area contributed by atoms with Crippen LogP contribution in [-0.4, -0.2) is 56.0 Å². The maximum absolute atomic E-state index is 12.2. The van der Waals surface area contributed by atoms with Crippen LogP contribution in [0.1, 0.15) is 29.3 Å². The molecule has 2 N–H and O–H groups in total. The average Bonchev–Trinajstić information content (AvgIpc) is 2.74. The van der Waals surface area contributed by atoms with E-state index in [1.54, 1.807) is 6.07 Å². The van der Waals surface area contributed by atoms with Crippen LogP contribution in [0, 0.1) is 6.92 Å². The van der Waals surface area contributed by atoms with Crippen LogP contribution in [0.2, 0.25) is 0 Å². The Morgan fingerprint density at radius 2 is 1.72 bits per heavy atom. The van der Waals surface area contributed by atoms with Gasteiger partial charge in [-0.15, -0.1) is 0 Å². The number of nitrogens with one attached hydrogen (secondary N) is 2. The van der Waals surface area contributed by atoms with Crippen molar-refractivity contribution < 1.29 is 9.59 Å². The van der Waals surface area contributed by atoms with E-state index in [2.05, 4.69) is 39.5 Å². The third-order valence-corrected chi connectivity index (χ3v) is 5.25. The SMILES string of the molecule is CCN1CCN(c2ccc(NC(=O)CCNC(=O)c3cccc(C)c3)cc2)CC1. The number of benzene rings is 2. The molecule has 0 aromatic heterocycles. The van der Waals surface area contributed by atoms with E-state index in [4.69, 9.17) is 0 Å². The first-order valence-electron chi connectivity index (χ1n) is 10.3. The highest BCUT2D eigenvalue weighted by molar-refractivity contribution is 5.95. The molecule has 29 heavy (non-hydrogen) atoms. The molecule has 0 unspecified atom stereocenters. The molecule has 6 heteroatoms. The second-order valence-electron chi connectivity index (χ2n) is 7.39. The van der Waals surface area contributed by atoms with Crippen molar-refractivity contribution in [2.24, 2.45) is 0 Å². The van der Waals surface area contributed by atoms with Crippen molar-refractivity contribution in [2.75, 3.05) is 49.5 Å². The summed E-state index contributed by atoms with van der Waals surface area (Å²) >= 11 is 0. The van der Waals surface area contributed by atoms with E-state index in [0.29, 0.717) is 12.1 Å². The average molecular weight is 395 g/mol. The number of likely N-dealkylation sites (N-methyl/N-ethyl adjacent to an activating group) is 1. The second-order valence-corrected chi connectivity index (χ2v) is 7.39. The van der Waals surface area contributed by atoms with Crippen LogP contribution in [0.15, 0.2) is 48.5 Å². The Labute approximate surface area is 172 Å². The Hall–Kier alpha value is -2.86. The van der Waals surface area contributed by atoms with Crippen molar-refractivity contribution in [3.8, 4) is 0 Å². The van der Waals surface area contributed by atoms with Crippen LogP contribution in [-0.2, 0) is 4.79 Å². The summed E-state index contributed by atoms with van der Waals surface area (Å²) < 4.78 is 0. The summed E-state index contributed by atoms with van der Waals surface area (Å²) in [6.45, 7) is 9.78. The van der Waals surface area contributed by atoms with Gasteiger partial charge in [0.05, 0.1) is 0 Å². The number of hydrogen-bond donors (Lipinski definition) is 2. The van der Waals surface area contributed by atoms with Crippen LogP contribution in [0.4, 0.5) is 11.4 Å². The molecule has 6 nitrogen and oxygen atoms in total. The lowest BCUT2D eigenvalue weighted by molar-refractivity contribution is -0.116. The monoisotopic (exact) mass is 394 g/mol. The zero-order chi connectivity index (χ0) is 20.6. The van der Waals surface area contributed by atoms with Crippen molar-refractivity contribution >= 4 is 23.2 Å². The number of hydrogen-bond acceptors (Lipinski definition) is 4. The minimum Gasteiger partial charge on any atom is -0.369 e. The Kier molecular flexibility index (Phi) is 7.25. The van der Waals surface area contributed by atoms with Gasteiger partial charge < -0.3 is 20.4 Å². The maximum Gasteiger partial charge on any atom is 0.251 e. The Bertz CT molecular complexity index is 827. The minimum atomic E-state index is -0.158. The molecule has 2 amide bonds. The number of carbonyl (C=O) groups excluding carboxylic acids is 2. The third-order valence-electron chi connectivity index (χ3n) is 5.25. The molecule has 1 heterocycles. The number of nitrogens with zero attached hydrogens (tertiary/aromatic N) is 2. The molecule has 2 aromatic rings. The highest BCUT2D eigenvalue weighted by Gasteiger charge is 2.15. The van der Waals surface area contributed by atoms with E-state index in [0.717, 1.165) is 44.0 Å². The van der Waals surface area contributed by atoms with Crippen molar-refractivity contribution in [1.82, 2.24) is 10.2 Å². The Balaban J connectivity index is 1.42. The lowest BCUT2D eigenvalue weighted by Crippen LogP contribution is -2.46. The zero-order valence-electron chi connectivity index (χ0n) is 17.3. The number of amides is 2. The van der Waals surface area contributed by atoms with E-state index in [-0.39, 0.29) is 18.2 Å². The van der Waals surface area contributed by atoms with E-state index >= 15 is 0 Å². The van der Waals surface area contributed by atoms with Gasteiger partial charge in [-0.2, -0.15) is 0 Å². The topological polar surface area (TPSA) is 64.7 Å². The zero-order valence-corrected chi connectivity index (χ0v) is 17.3. The Morgan fingerprint density at radius 3 is 2.38 bits per heavy atom. The highest BCUT2D eigenvalue weighted by Crippen LogP contribution is 2.19. The molecular formula is C23H30N4O2. The van der Waals surface area contributed by atoms with Crippen LogP contribution in [0.3, 0.4) is 0 Å². The number of anilines is 2. The lowest BCUT2D eigenvalue weighted by Gasteiger charge is -2.35. The normalized spacial score (nSPS) is 14.5. The first kappa shape index (κ1) is 20.9. The number of piperazine rings is 1. The van der Waals surface area contributed by atoms with Crippen LogP contribution < -0.4 is 15.5 Å². The van der Waals surface area contributed by atoms with Crippen LogP contribution in [0.25, 0.3) is 0 Å². The summed E-state index contributed by atoms with van der Waals surface area (Å²) in [4.78, 5) is 29.1. The van der Waals surface area contributed by atoms with Gasteiger partial charge >= 0.3 is 0 Å². The minimum absolute atomic E-state index is 0.112. The van der Waals surface area contributed by atoms with Gasteiger partial charge in [-0.05, 0) is 49.9 Å². The molecule has 2 aromatic carbocycles. The summed E-state index contributed by atoms with van der Waals surface area (Å²) in [5, 5.41) is 5.69. The molecule has 1 aliphatic heterocycles. The standard InChI is InChI=1S/C23H30N4O2/c1-3-26-13-15-27(16-14-26)21-9-7-20(8-10-21)25-22(28)11-12-24-23(29)19-6-4-5-18(2)17-19/h4-10,17H,3,11-16H2,1-2H3,(H,24,29)(H,25,28). The van der Waals surface area contributed by atoms with E-state index in [9.17, 15) is 9.59 Å². The van der Waals surface area contributed by atoms with Gasteiger partial charge in [-0.25, -0.2) is 0 Å². The first-order valence-corrected chi connectivity index (χ1v) is 10.3. The van der Waals surface area contributed by atoms with E-state index < -0.39 is 0 Å². The molecule has 0 saturated carbocycles. The fraction of sp³-hybridized carbons (Fsp3) is 0.391. The number of aryl methyl sites for hydroxylation is 1. The summed E-state index contributed by atoms with van der Waals surface area (Å²) in [6.07, 6.45) is 0.234. The molecule has 154 valence electrons. The first-order chi connectivity index (χ1) is 14.0. The van der Waals surface area contributed by atoms with Crippen molar-refractivity contribution in [3.63, 3.8) is 0 Å². The molecular weight excluding hydrogens is 364 g/mol. The smallest absolute Gasteiger partial charge is 0.251 e. The second kappa shape index (κ2) is 10.1. The summed E-state index contributed by atoms with van der Waals surface area (Å²) in [5.41, 5.74) is 3.60. The molecule has 1 aliphatic rings. The summed E-state index contributed by atoms with van der Waals surface area (Å²) in [5.74, 6) is -0.270. The molecule has 0 radical (unpaired) electrons. The lowest BCUT2D eigenvalue weighted by atomic mass is 10.1. The molecule has 0 aliphatic carbocycles. The van der Waals surface area contributed by atoms with Gasteiger partial charge in [0.15, 0.2) is 0 Å². The molecule has 3 rings (SSSR count). The summed E-state index contributed by atoms with van der Waals surface area (Å²) in [6, 6.07) is 15.4. The quantitative estimate of drug-likeness (QED) is 0.758. The van der Waals surface area contributed by atoms with Crippen molar-refractivity contribution in [3.05, 3.63) is 59.7 Å². The van der Waals surface area contributed by atoms with Crippen LogP contribution >= 0.6 is 0 Å². The molecule has 0 atom stereocenters. The van der Waals surface area contributed by atoms with E-state index in [1.807, 2.05) is 37.3 Å². The number of carbonyl (C=O) groups is 2. The largest absolute Gasteiger partial charge is 0.369 e. The van der Waals surface area contributed by atoms with Crippen molar-refractivity contribution in [1.29, 1.82) is 0 Å². The fourth-order valence-corrected chi connectivity index (χ4v) is 3.48. The molecule has 0 spiro atoms. The highest BCUT2D eigenvalue weighted by atomic mass is 16.2. The van der Waals surface area contributed by atoms with Crippen molar-refractivity contribution in [2.45, 2.75) is 20.3 Å². The van der Waals surface area contributed by atoms with Gasteiger partial charge in [0.25, 0.3) is 5.91 Å². The van der Waals surface area contributed by atoms with E-state index in [1.165, 1.54) is 5.69 Å². The number of rotatable bonds is 7. The molecule has 1 fully saturated rings. The van der Waals surface area contributed by atoms with Gasteiger partial charge in [0.1, 0.15) is 0 Å². The van der Waals surface area contributed by atoms with Gasteiger partial charge in [-0.3, -0.25) is 9.59 Å².